The molecule has 1 heterocycles. The molecule has 152 valence electrons. The Bertz CT molecular complexity index is 957. The Hall–Kier alpha value is -3.55. The molecule has 4 amide bonds. The lowest BCUT2D eigenvalue weighted by molar-refractivity contribution is -0.139. The Labute approximate surface area is 168 Å². The number of carbonyl (C=O) groups excluding carboxylic acids is 3. The first kappa shape index (κ1) is 20.2. The average Bonchev–Trinajstić information content (AvgIpc) is 2.92. The number of hydrogen-bond donors (Lipinski definition) is 2. The zero-order valence-corrected chi connectivity index (χ0v) is 16.7. The van der Waals surface area contributed by atoms with E-state index in [-0.39, 0.29) is 6.61 Å². The van der Waals surface area contributed by atoms with E-state index in [0.29, 0.717) is 22.1 Å². The standard InChI is InChI=1S/C21H23N3O5/c1-13-5-6-14(2)17(11-13)29-12-18(25)23-24-19(26)21(3,22-20(24)27)15-7-9-16(28-4)10-8-15/h5-11H,12H2,1-4H3,(H,22,27)(H,23,25)/t21-/m0/s1. The number of carbonyl (C=O) groups is 3. The first-order valence-corrected chi connectivity index (χ1v) is 9.05. The van der Waals surface area contributed by atoms with E-state index in [9.17, 15) is 14.4 Å². The van der Waals surface area contributed by atoms with Gasteiger partial charge in [0.05, 0.1) is 7.11 Å². The van der Waals surface area contributed by atoms with Crippen LogP contribution < -0.4 is 20.2 Å². The van der Waals surface area contributed by atoms with Crippen molar-refractivity contribution in [3.8, 4) is 11.5 Å². The van der Waals surface area contributed by atoms with Gasteiger partial charge in [0.2, 0.25) is 0 Å². The molecule has 0 radical (unpaired) electrons. The number of hydrogen-bond acceptors (Lipinski definition) is 5. The summed E-state index contributed by atoms with van der Waals surface area (Å²) in [5, 5.41) is 3.30. The van der Waals surface area contributed by atoms with Crippen molar-refractivity contribution < 1.29 is 23.9 Å². The van der Waals surface area contributed by atoms with E-state index < -0.39 is 23.4 Å². The van der Waals surface area contributed by atoms with Crippen molar-refractivity contribution in [1.29, 1.82) is 0 Å². The van der Waals surface area contributed by atoms with Crippen LogP contribution in [0.3, 0.4) is 0 Å². The predicted octanol–water partition coefficient (Wildman–Crippen LogP) is 2.19. The Morgan fingerprint density at radius 3 is 2.48 bits per heavy atom. The lowest BCUT2D eigenvalue weighted by Crippen LogP contribution is -2.49. The van der Waals surface area contributed by atoms with Gasteiger partial charge in [-0.15, -0.1) is 0 Å². The van der Waals surface area contributed by atoms with Gasteiger partial charge < -0.3 is 14.8 Å². The van der Waals surface area contributed by atoms with E-state index in [1.807, 2.05) is 32.0 Å². The van der Waals surface area contributed by atoms with Crippen LogP contribution in [0.25, 0.3) is 0 Å². The highest BCUT2D eigenvalue weighted by Gasteiger charge is 2.50. The van der Waals surface area contributed by atoms with E-state index in [1.165, 1.54) is 7.11 Å². The third-order valence-corrected chi connectivity index (χ3v) is 4.80. The fourth-order valence-corrected chi connectivity index (χ4v) is 3.02. The van der Waals surface area contributed by atoms with Gasteiger partial charge in [0.1, 0.15) is 17.0 Å². The van der Waals surface area contributed by atoms with E-state index in [1.54, 1.807) is 31.2 Å². The van der Waals surface area contributed by atoms with Crippen LogP contribution in [0.4, 0.5) is 4.79 Å². The summed E-state index contributed by atoms with van der Waals surface area (Å²) in [5.41, 5.74) is 3.46. The summed E-state index contributed by atoms with van der Waals surface area (Å²) < 4.78 is 10.6. The SMILES string of the molecule is COc1ccc([C@]2(C)NC(=O)N(NC(=O)COc3cc(C)ccc3C)C2=O)cc1. The highest BCUT2D eigenvalue weighted by atomic mass is 16.5. The number of amides is 4. The zero-order valence-electron chi connectivity index (χ0n) is 16.7. The van der Waals surface area contributed by atoms with Gasteiger partial charge in [0.25, 0.3) is 11.8 Å². The minimum atomic E-state index is -1.30. The third-order valence-electron chi connectivity index (χ3n) is 4.80. The maximum Gasteiger partial charge on any atom is 0.344 e. The van der Waals surface area contributed by atoms with Crippen LogP contribution in [-0.4, -0.2) is 36.6 Å². The van der Waals surface area contributed by atoms with Crippen molar-refractivity contribution in [2.24, 2.45) is 0 Å². The number of hydrazine groups is 1. The van der Waals surface area contributed by atoms with Crippen LogP contribution in [-0.2, 0) is 15.1 Å². The van der Waals surface area contributed by atoms with Crippen LogP contribution in [0.5, 0.6) is 11.5 Å². The smallest absolute Gasteiger partial charge is 0.344 e. The molecule has 29 heavy (non-hydrogen) atoms. The summed E-state index contributed by atoms with van der Waals surface area (Å²) in [5.74, 6) is -0.00978. The predicted molar refractivity (Wildman–Crippen MR) is 105 cm³/mol. The van der Waals surface area contributed by atoms with Crippen LogP contribution in [0.1, 0.15) is 23.6 Å². The molecule has 8 heteroatoms. The fraction of sp³-hybridized carbons (Fsp3) is 0.286. The maximum absolute atomic E-state index is 12.9. The molecule has 1 fully saturated rings. The van der Waals surface area contributed by atoms with Gasteiger partial charge in [-0.3, -0.25) is 15.0 Å². The largest absolute Gasteiger partial charge is 0.497 e. The summed E-state index contributed by atoms with van der Waals surface area (Å²) in [7, 11) is 1.54. The summed E-state index contributed by atoms with van der Waals surface area (Å²) in [4.78, 5) is 37.4. The monoisotopic (exact) mass is 397 g/mol. The summed E-state index contributed by atoms with van der Waals surface area (Å²) >= 11 is 0. The molecule has 1 atom stereocenters. The molecule has 1 aliphatic heterocycles. The molecule has 1 saturated heterocycles. The average molecular weight is 397 g/mol. The van der Waals surface area contributed by atoms with Gasteiger partial charge >= 0.3 is 6.03 Å². The van der Waals surface area contributed by atoms with Gasteiger partial charge in [-0.05, 0) is 55.7 Å². The number of ether oxygens (including phenoxy) is 2. The molecular weight excluding hydrogens is 374 g/mol. The first-order chi connectivity index (χ1) is 13.7. The normalized spacial score (nSPS) is 18.4. The lowest BCUT2D eigenvalue weighted by atomic mass is 9.92. The van der Waals surface area contributed by atoms with E-state index >= 15 is 0 Å². The fourth-order valence-electron chi connectivity index (χ4n) is 3.02. The van der Waals surface area contributed by atoms with Crippen molar-refractivity contribution in [3.05, 3.63) is 59.2 Å². The number of rotatable bonds is 6. The number of nitrogens with one attached hydrogen (secondary N) is 2. The minimum Gasteiger partial charge on any atom is -0.497 e. The van der Waals surface area contributed by atoms with Gasteiger partial charge in [-0.2, -0.15) is 5.01 Å². The van der Waals surface area contributed by atoms with Gasteiger partial charge in [0.15, 0.2) is 6.61 Å². The number of methoxy groups -OCH3 is 1. The van der Waals surface area contributed by atoms with Crippen molar-refractivity contribution in [3.63, 3.8) is 0 Å². The van der Waals surface area contributed by atoms with Gasteiger partial charge in [0, 0.05) is 0 Å². The second-order valence-electron chi connectivity index (χ2n) is 7.02. The highest BCUT2D eigenvalue weighted by molar-refractivity contribution is 6.08. The third kappa shape index (κ3) is 4.01. The molecular formula is C21H23N3O5. The molecule has 8 nitrogen and oxygen atoms in total. The molecule has 2 aromatic rings. The van der Waals surface area contributed by atoms with Crippen molar-refractivity contribution in [2.75, 3.05) is 13.7 Å². The quantitative estimate of drug-likeness (QED) is 0.729. The Morgan fingerprint density at radius 2 is 1.83 bits per heavy atom. The molecule has 0 spiro atoms. The number of aryl methyl sites for hydroxylation is 2. The lowest BCUT2D eigenvalue weighted by Gasteiger charge is -2.22. The number of nitrogens with zero attached hydrogens (tertiary/aromatic N) is 1. The first-order valence-electron chi connectivity index (χ1n) is 9.05. The van der Waals surface area contributed by atoms with E-state index in [2.05, 4.69) is 10.7 Å². The van der Waals surface area contributed by atoms with Crippen LogP contribution in [0.2, 0.25) is 0 Å². The number of benzene rings is 2. The second kappa shape index (κ2) is 7.83. The van der Waals surface area contributed by atoms with Crippen LogP contribution in [0.15, 0.2) is 42.5 Å². The van der Waals surface area contributed by atoms with Gasteiger partial charge in [-0.1, -0.05) is 24.3 Å². The summed E-state index contributed by atoms with van der Waals surface area (Å²) in [6.07, 6.45) is 0. The van der Waals surface area contributed by atoms with E-state index in [4.69, 9.17) is 9.47 Å². The summed E-state index contributed by atoms with van der Waals surface area (Å²) in [6.45, 7) is 5.03. The van der Waals surface area contributed by atoms with Crippen molar-refractivity contribution in [1.82, 2.24) is 15.8 Å². The molecule has 2 N–H and O–H groups in total. The molecule has 2 aromatic carbocycles. The second-order valence-corrected chi connectivity index (χ2v) is 7.02. The highest BCUT2D eigenvalue weighted by Crippen LogP contribution is 2.29. The molecule has 0 aromatic heterocycles. The number of urea groups is 1. The Morgan fingerprint density at radius 1 is 1.14 bits per heavy atom. The van der Waals surface area contributed by atoms with E-state index in [0.717, 1.165) is 11.1 Å². The molecule has 0 aliphatic carbocycles. The Balaban J connectivity index is 1.67. The molecule has 0 unspecified atom stereocenters. The summed E-state index contributed by atoms with van der Waals surface area (Å²) in [6, 6.07) is 11.7. The van der Waals surface area contributed by atoms with Crippen molar-refractivity contribution in [2.45, 2.75) is 26.3 Å². The van der Waals surface area contributed by atoms with Gasteiger partial charge in [-0.25, -0.2) is 4.79 Å². The Kier molecular flexibility index (Phi) is 5.45. The van der Waals surface area contributed by atoms with Crippen molar-refractivity contribution >= 4 is 17.8 Å². The molecule has 3 rings (SSSR count). The molecule has 1 aliphatic rings. The number of imide groups is 1. The zero-order chi connectivity index (χ0) is 21.2. The molecule has 0 bridgehead atoms. The minimum absolute atomic E-state index is 0.333. The topological polar surface area (TPSA) is 97.0 Å². The maximum atomic E-state index is 12.9. The molecule has 0 saturated carbocycles. The van der Waals surface area contributed by atoms with Crippen LogP contribution in [0, 0.1) is 13.8 Å². The van der Waals surface area contributed by atoms with Crippen LogP contribution >= 0.6 is 0 Å².